The fourth-order valence-electron chi connectivity index (χ4n) is 2.39. The van der Waals surface area contributed by atoms with Crippen molar-refractivity contribution in [3.8, 4) is 0 Å². The van der Waals surface area contributed by atoms with Crippen molar-refractivity contribution in [3.05, 3.63) is 0 Å². The van der Waals surface area contributed by atoms with Gasteiger partial charge in [0.05, 0.1) is 0 Å². The molecule has 2 aliphatic rings. The van der Waals surface area contributed by atoms with Crippen LogP contribution in [0.2, 0.25) is 0 Å². The van der Waals surface area contributed by atoms with Crippen molar-refractivity contribution in [2.75, 3.05) is 13.1 Å². The molecule has 0 radical (unpaired) electrons. The fourth-order valence-corrected chi connectivity index (χ4v) is 2.39. The molecule has 2 atom stereocenters. The van der Waals surface area contributed by atoms with Crippen molar-refractivity contribution in [2.45, 2.75) is 51.3 Å². The quantitative estimate of drug-likeness (QED) is 0.659. The van der Waals surface area contributed by atoms with Crippen LogP contribution in [0.3, 0.4) is 0 Å². The second kappa shape index (κ2) is 3.67. The summed E-state index contributed by atoms with van der Waals surface area (Å²) in [4.78, 5) is 13.9. The summed E-state index contributed by atoms with van der Waals surface area (Å²) in [7, 11) is 0. The highest BCUT2D eigenvalue weighted by molar-refractivity contribution is 5.69. The fraction of sp³-hybridized carbons (Fsp3) is 0.909. The topological polar surface area (TPSA) is 41.6 Å². The minimum Gasteiger partial charge on any atom is -0.444 e. The smallest absolute Gasteiger partial charge is 0.410 e. The molecule has 0 saturated carbocycles. The van der Waals surface area contributed by atoms with Gasteiger partial charge >= 0.3 is 6.09 Å². The van der Waals surface area contributed by atoms with Crippen LogP contribution in [0.1, 0.15) is 33.6 Å². The lowest BCUT2D eigenvalue weighted by Crippen LogP contribution is -2.55. The van der Waals surface area contributed by atoms with Crippen LogP contribution in [0.4, 0.5) is 4.79 Å². The van der Waals surface area contributed by atoms with E-state index in [-0.39, 0.29) is 11.7 Å². The molecule has 2 fully saturated rings. The van der Waals surface area contributed by atoms with E-state index in [1.54, 1.807) is 0 Å². The molecular formula is C11H20N2O2. The van der Waals surface area contributed by atoms with Gasteiger partial charge in [-0.15, -0.1) is 0 Å². The monoisotopic (exact) mass is 212 g/mol. The maximum Gasteiger partial charge on any atom is 0.410 e. The van der Waals surface area contributed by atoms with Gasteiger partial charge in [-0.2, -0.15) is 0 Å². The standard InChI is InChI=1S/C11H20N2O2/c1-11(2,3)15-10(14)13-8-4-5-9(13)7-12-6-8/h8-9,12H,4-7H2,1-3H3/t8-,9+. The molecule has 0 spiro atoms. The number of carbonyl (C=O) groups is 1. The first kappa shape index (κ1) is 10.7. The first-order chi connectivity index (χ1) is 6.97. The van der Waals surface area contributed by atoms with Crippen LogP contribution >= 0.6 is 0 Å². The van der Waals surface area contributed by atoms with Crippen molar-refractivity contribution in [1.82, 2.24) is 10.2 Å². The van der Waals surface area contributed by atoms with E-state index < -0.39 is 0 Å². The molecule has 0 aromatic rings. The van der Waals surface area contributed by atoms with E-state index in [0.29, 0.717) is 12.1 Å². The molecule has 0 aromatic heterocycles. The molecule has 15 heavy (non-hydrogen) atoms. The van der Waals surface area contributed by atoms with E-state index in [0.717, 1.165) is 25.9 Å². The summed E-state index contributed by atoms with van der Waals surface area (Å²) >= 11 is 0. The highest BCUT2D eigenvalue weighted by atomic mass is 16.6. The van der Waals surface area contributed by atoms with Gasteiger partial charge in [0.1, 0.15) is 5.60 Å². The average molecular weight is 212 g/mol. The normalized spacial score (nSPS) is 30.5. The maximum absolute atomic E-state index is 12.0. The Morgan fingerprint density at radius 2 is 1.80 bits per heavy atom. The lowest BCUT2D eigenvalue weighted by atomic mass is 10.2. The van der Waals surface area contributed by atoms with Crippen molar-refractivity contribution in [1.29, 1.82) is 0 Å². The zero-order valence-electron chi connectivity index (χ0n) is 9.75. The molecule has 2 saturated heterocycles. The molecule has 1 amide bonds. The lowest BCUT2D eigenvalue weighted by Gasteiger charge is -2.36. The van der Waals surface area contributed by atoms with E-state index in [4.69, 9.17) is 4.74 Å². The SMILES string of the molecule is CC(C)(C)OC(=O)N1[C@@H]2CC[C@H]1CNC2. The van der Waals surface area contributed by atoms with Gasteiger partial charge in [-0.3, -0.25) is 4.90 Å². The van der Waals surface area contributed by atoms with Crippen LogP contribution in [-0.4, -0.2) is 41.8 Å². The molecule has 2 bridgehead atoms. The summed E-state index contributed by atoms with van der Waals surface area (Å²) in [5, 5.41) is 3.35. The minimum atomic E-state index is -0.388. The van der Waals surface area contributed by atoms with Crippen molar-refractivity contribution in [2.24, 2.45) is 0 Å². The van der Waals surface area contributed by atoms with Gasteiger partial charge in [0.2, 0.25) is 0 Å². The van der Waals surface area contributed by atoms with Gasteiger partial charge in [0.25, 0.3) is 0 Å². The molecule has 0 unspecified atom stereocenters. The Morgan fingerprint density at radius 3 is 2.27 bits per heavy atom. The molecule has 0 aliphatic carbocycles. The number of carbonyl (C=O) groups excluding carboxylic acids is 1. The summed E-state index contributed by atoms with van der Waals surface area (Å²) in [6.07, 6.45) is 2.07. The lowest BCUT2D eigenvalue weighted by molar-refractivity contribution is 0.0102. The third-order valence-corrected chi connectivity index (χ3v) is 2.98. The Labute approximate surface area is 91.0 Å². The molecule has 4 nitrogen and oxygen atoms in total. The molecular weight excluding hydrogens is 192 g/mol. The maximum atomic E-state index is 12.0. The summed E-state index contributed by atoms with van der Waals surface area (Å²) in [6.45, 7) is 7.56. The summed E-state index contributed by atoms with van der Waals surface area (Å²) in [6, 6.07) is 0.692. The largest absolute Gasteiger partial charge is 0.444 e. The molecule has 86 valence electrons. The van der Waals surface area contributed by atoms with Crippen LogP contribution in [0.15, 0.2) is 0 Å². The molecule has 0 aromatic carbocycles. The van der Waals surface area contributed by atoms with Crippen LogP contribution in [0.25, 0.3) is 0 Å². The minimum absolute atomic E-state index is 0.142. The number of ether oxygens (including phenoxy) is 1. The van der Waals surface area contributed by atoms with E-state index in [2.05, 4.69) is 5.32 Å². The first-order valence-electron chi connectivity index (χ1n) is 5.69. The number of hydrogen-bond acceptors (Lipinski definition) is 3. The molecule has 1 N–H and O–H groups in total. The Kier molecular flexibility index (Phi) is 2.63. The average Bonchev–Trinajstić information content (AvgIpc) is 2.34. The van der Waals surface area contributed by atoms with Gasteiger partial charge in [-0.05, 0) is 33.6 Å². The number of hydrogen-bond donors (Lipinski definition) is 1. The summed E-state index contributed by atoms with van der Waals surface area (Å²) in [5.74, 6) is 0. The zero-order chi connectivity index (χ0) is 11.1. The second-order valence-corrected chi connectivity index (χ2v) is 5.43. The van der Waals surface area contributed by atoms with E-state index in [1.165, 1.54) is 0 Å². The van der Waals surface area contributed by atoms with Gasteiger partial charge in [0, 0.05) is 25.2 Å². The van der Waals surface area contributed by atoms with Crippen LogP contribution in [0.5, 0.6) is 0 Å². The number of nitrogens with one attached hydrogen (secondary N) is 1. The van der Waals surface area contributed by atoms with Gasteiger partial charge in [-0.1, -0.05) is 0 Å². The van der Waals surface area contributed by atoms with Crippen molar-refractivity contribution in [3.63, 3.8) is 0 Å². The molecule has 4 heteroatoms. The van der Waals surface area contributed by atoms with E-state index in [1.807, 2.05) is 25.7 Å². The Morgan fingerprint density at radius 1 is 1.27 bits per heavy atom. The Bertz CT molecular complexity index is 244. The van der Waals surface area contributed by atoms with E-state index in [9.17, 15) is 4.79 Å². The molecule has 2 aliphatic heterocycles. The summed E-state index contributed by atoms with van der Waals surface area (Å²) in [5.41, 5.74) is -0.388. The molecule has 2 heterocycles. The zero-order valence-corrected chi connectivity index (χ0v) is 9.75. The number of rotatable bonds is 0. The predicted molar refractivity (Wildman–Crippen MR) is 57.8 cm³/mol. The Hall–Kier alpha value is -0.770. The van der Waals surface area contributed by atoms with Crippen LogP contribution in [-0.2, 0) is 4.74 Å². The third kappa shape index (κ3) is 2.25. The van der Waals surface area contributed by atoms with E-state index >= 15 is 0 Å². The highest BCUT2D eigenvalue weighted by Gasteiger charge is 2.41. The Balaban J connectivity index is 2.01. The predicted octanol–water partition coefficient (Wildman–Crippen LogP) is 1.36. The number of piperazine rings is 1. The highest BCUT2D eigenvalue weighted by Crippen LogP contribution is 2.28. The third-order valence-electron chi connectivity index (χ3n) is 2.98. The van der Waals surface area contributed by atoms with Crippen molar-refractivity contribution < 1.29 is 9.53 Å². The molecule has 2 rings (SSSR count). The van der Waals surface area contributed by atoms with Gasteiger partial charge < -0.3 is 10.1 Å². The number of fused-ring (bicyclic) bond motifs is 2. The van der Waals surface area contributed by atoms with Gasteiger partial charge in [-0.25, -0.2) is 4.79 Å². The second-order valence-electron chi connectivity index (χ2n) is 5.43. The number of amides is 1. The van der Waals surface area contributed by atoms with Crippen LogP contribution in [0, 0.1) is 0 Å². The van der Waals surface area contributed by atoms with Gasteiger partial charge in [0.15, 0.2) is 0 Å². The van der Waals surface area contributed by atoms with Crippen molar-refractivity contribution >= 4 is 6.09 Å². The number of nitrogens with zero attached hydrogens (tertiary/aromatic N) is 1. The summed E-state index contributed by atoms with van der Waals surface area (Å²) < 4.78 is 5.42. The first-order valence-corrected chi connectivity index (χ1v) is 5.69. The van der Waals surface area contributed by atoms with Crippen LogP contribution < -0.4 is 5.32 Å².